The average Bonchev–Trinajstić information content (AvgIpc) is 3.31. The Morgan fingerprint density at radius 2 is 1.97 bits per heavy atom. The van der Waals surface area contributed by atoms with E-state index >= 15 is 0 Å². The van der Waals surface area contributed by atoms with Crippen molar-refractivity contribution in [1.29, 1.82) is 0 Å². The highest BCUT2D eigenvalue weighted by Gasteiger charge is 2.27. The van der Waals surface area contributed by atoms with E-state index in [1.807, 2.05) is 0 Å². The smallest absolute Gasteiger partial charge is 0.322 e. The zero-order valence-electron chi connectivity index (χ0n) is 19.0. The Morgan fingerprint density at radius 1 is 1.23 bits per heavy atom. The second-order valence-electron chi connectivity index (χ2n) is 8.73. The van der Waals surface area contributed by atoms with Crippen molar-refractivity contribution in [1.82, 2.24) is 14.9 Å². The minimum absolute atomic E-state index is 0.0585. The van der Waals surface area contributed by atoms with E-state index in [1.165, 1.54) is 36.8 Å². The number of hydrogen-bond acceptors (Lipinski definition) is 6. The van der Waals surface area contributed by atoms with Gasteiger partial charge in [-0.3, -0.25) is 4.79 Å². The Labute approximate surface area is 211 Å². The predicted octanol–water partition coefficient (Wildman–Crippen LogP) is 4.97. The van der Waals surface area contributed by atoms with Gasteiger partial charge in [0.2, 0.25) is 21.7 Å². The number of aliphatic carboxylic acids is 1. The highest BCUT2D eigenvalue weighted by atomic mass is 79.9. The van der Waals surface area contributed by atoms with Crippen LogP contribution in [0.4, 0.5) is 4.39 Å². The molecule has 0 amide bonds. The van der Waals surface area contributed by atoms with Crippen molar-refractivity contribution in [2.24, 2.45) is 0 Å². The van der Waals surface area contributed by atoms with Crippen LogP contribution in [0.25, 0.3) is 11.4 Å². The molecule has 186 valence electrons. The predicted molar refractivity (Wildman–Crippen MR) is 130 cm³/mol. The molecule has 0 aliphatic heterocycles. The quantitative estimate of drug-likeness (QED) is 0.395. The normalized spacial score (nSPS) is 15.7. The molecule has 1 saturated carbocycles. The monoisotopic (exact) mass is 565 g/mol. The standard InChI is InChI=1S/C24H25BrFN3O5S/c1-14-11-17(8-10-19(14)25)35(32,33)29-21(24(30)31)13-15-7-9-18(20(26)12-15)22-27-23(34-28-22)16-5-3-2-4-6-16/h7-12,16,21,29H,2-6,13H2,1H3,(H,30,31). The van der Waals surface area contributed by atoms with Crippen LogP contribution in [0, 0.1) is 12.7 Å². The van der Waals surface area contributed by atoms with Crippen LogP contribution in [0.5, 0.6) is 0 Å². The summed E-state index contributed by atoms with van der Waals surface area (Å²) in [5.41, 5.74) is 1.13. The summed E-state index contributed by atoms with van der Waals surface area (Å²) in [5, 5.41) is 13.5. The van der Waals surface area contributed by atoms with Gasteiger partial charge in [-0.15, -0.1) is 0 Å². The number of carboxylic acid groups (broad SMARTS) is 1. The number of benzene rings is 2. The molecule has 1 fully saturated rings. The van der Waals surface area contributed by atoms with Crippen molar-refractivity contribution in [2.75, 3.05) is 0 Å². The number of aryl methyl sites for hydroxylation is 1. The van der Waals surface area contributed by atoms with E-state index in [-0.39, 0.29) is 28.6 Å². The third-order valence-electron chi connectivity index (χ3n) is 6.15. The molecule has 0 radical (unpaired) electrons. The lowest BCUT2D eigenvalue weighted by atomic mass is 9.89. The maximum Gasteiger partial charge on any atom is 0.322 e. The van der Waals surface area contributed by atoms with Crippen molar-refractivity contribution in [3.63, 3.8) is 0 Å². The van der Waals surface area contributed by atoms with Crippen LogP contribution in [-0.4, -0.2) is 35.7 Å². The first-order valence-electron chi connectivity index (χ1n) is 11.3. The number of sulfonamides is 1. The molecule has 0 saturated heterocycles. The third kappa shape index (κ3) is 5.96. The minimum Gasteiger partial charge on any atom is -0.480 e. The molecule has 2 aromatic carbocycles. The molecule has 11 heteroatoms. The summed E-state index contributed by atoms with van der Waals surface area (Å²) >= 11 is 3.31. The first-order chi connectivity index (χ1) is 16.6. The summed E-state index contributed by atoms with van der Waals surface area (Å²) in [4.78, 5) is 16.1. The van der Waals surface area contributed by atoms with E-state index in [1.54, 1.807) is 13.0 Å². The third-order valence-corrected chi connectivity index (χ3v) is 8.50. The number of nitrogens with one attached hydrogen (secondary N) is 1. The molecule has 1 aromatic heterocycles. The minimum atomic E-state index is -4.11. The summed E-state index contributed by atoms with van der Waals surface area (Å²) in [6.07, 6.45) is 5.07. The van der Waals surface area contributed by atoms with Crippen LogP contribution in [-0.2, 0) is 21.2 Å². The Bertz CT molecular complexity index is 1340. The molecule has 2 N–H and O–H groups in total. The SMILES string of the molecule is Cc1cc(S(=O)(=O)NC(Cc2ccc(-c3noc(C4CCCCC4)n3)c(F)c2)C(=O)O)ccc1Br. The number of hydrogen-bond donors (Lipinski definition) is 2. The van der Waals surface area contributed by atoms with Gasteiger partial charge in [-0.1, -0.05) is 46.4 Å². The molecular weight excluding hydrogens is 541 g/mol. The Hall–Kier alpha value is -2.63. The van der Waals surface area contributed by atoms with Gasteiger partial charge in [0.15, 0.2) is 0 Å². The maximum absolute atomic E-state index is 14.9. The van der Waals surface area contributed by atoms with Gasteiger partial charge < -0.3 is 9.63 Å². The number of halogens is 2. The van der Waals surface area contributed by atoms with E-state index in [0.717, 1.165) is 30.2 Å². The summed E-state index contributed by atoms with van der Waals surface area (Å²) in [7, 11) is -4.11. The van der Waals surface area contributed by atoms with Gasteiger partial charge in [0.1, 0.15) is 11.9 Å². The number of aromatic nitrogens is 2. The average molecular weight is 566 g/mol. The second-order valence-corrected chi connectivity index (χ2v) is 11.3. The lowest BCUT2D eigenvalue weighted by Gasteiger charge is -2.17. The fraction of sp³-hybridized carbons (Fsp3) is 0.375. The highest BCUT2D eigenvalue weighted by molar-refractivity contribution is 9.10. The molecule has 1 aliphatic rings. The van der Waals surface area contributed by atoms with E-state index in [2.05, 4.69) is 30.8 Å². The van der Waals surface area contributed by atoms with Gasteiger partial charge in [-0.2, -0.15) is 9.71 Å². The zero-order valence-corrected chi connectivity index (χ0v) is 21.4. The van der Waals surface area contributed by atoms with Crippen molar-refractivity contribution in [3.05, 3.63) is 63.7 Å². The molecular formula is C24H25BrFN3O5S. The van der Waals surface area contributed by atoms with Crippen LogP contribution >= 0.6 is 15.9 Å². The Morgan fingerprint density at radius 3 is 2.63 bits per heavy atom. The molecule has 1 atom stereocenters. The zero-order chi connectivity index (χ0) is 25.2. The lowest BCUT2D eigenvalue weighted by Crippen LogP contribution is -2.42. The summed E-state index contributed by atoms with van der Waals surface area (Å²) in [6, 6.07) is 7.04. The van der Waals surface area contributed by atoms with Gasteiger partial charge in [-0.05, 0) is 67.6 Å². The molecule has 0 spiro atoms. The van der Waals surface area contributed by atoms with Crippen molar-refractivity contribution in [3.8, 4) is 11.4 Å². The lowest BCUT2D eigenvalue weighted by molar-refractivity contribution is -0.138. The number of nitrogens with zero attached hydrogens (tertiary/aromatic N) is 2. The van der Waals surface area contributed by atoms with Crippen LogP contribution in [0.15, 0.2) is 50.3 Å². The van der Waals surface area contributed by atoms with E-state index in [9.17, 15) is 22.7 Å². The molecule has 8 nitrogen and oxygen atoms in total. The first kappa shape index (κ1) is 25.5. The van der Waals surface area contributed by atoms with Gasteiger partial charge >= 0.3 is 5.97 Å². The van der Waals surface area contributed by atoms with Crippen LogP contribution in [0.2, 0.25) is 0 Å². The molecule has 0 bridgehead atoms. The number of rotatable bonds is 8. The topological polar surface area (TPSA) is 122 Å². The second kappa shape index (κ2) is 10.5. The number of carboxylic acids is 1. The largest absolute Gasteiger partial charge is 0.480 e. The van der Waals surface area contributed by atoms with E-state index in [4.69, 9.17) is 4.52 Å². The summed E-state index contributed by atoms with van der Waals surface area (Å²) < 4.78 is 48.7. The van der Waals surface area contributed by atoms with Gasteiger partial charge in [-0.25, -0.2) is 12.8 Å². The maximum atomic E-state index is 14.9. The van der Waals surface area contributed by atoms with Crippen molar-refractivity contribution in [2.45, 2.75) is 62.3 Å². The first-order valence-corrected chi connectivity index (χ1v) is 13.6. The van der Waals surface area contributed by atoms with Crippen LogP contribution < -0.4 is 4.72 Å². The van der Waals surface area contributed by atoms with E-state index in [0.29, 0.717) is 17.0 Å². The van der Waals surface area contributed by atoms with Crippen molar-refractivity contribution < 1.29 is 27.2 Å². The molecule has 1 unspecified atom stereocenters. The van der Waals surface area contributed by atoms with Crippen LogP contribution in [0.3, 0.4) is 0 Å². The molecule has 1 heterocycles. The molecule has 3 aromatic rings. The van der Waals surface area contributed by atoms with E-state index < -0.39 is 27.9 Å². The van der Waals surface area contributed by atoms with Gasteiger partial charge in [0.25, 0.3) is 0 Å². The van der Waals surface area contributed by atoms with Crippen LogP contribution in [0.1, 0.15) is 55.0 Å². The molecule has 4 rings (SSSR count). The van der Waals surface area contributed by atoms with Gasteiger partial charge in [0, 0.05) is 10.4 Å². The fourth-order valence-electron chi connectivity index (χ4n) is 4.18. The number of carbonyl (C=O) groups is 1. The highest BCUT2D eigenvalue weighted by Crippen LogP contribution is 2.33. The summed E-state index contributed by atoms with van der Waals surface area (Å²) in [6.45, 7) is 1.73. The Kier molecular flexibility index (Phi) is 7.67. The fourth-order valence-corrected chi connectivity index (χ4v) is 5.70. The molecule has 35 heavy (non-hydrogen) atoms. The van der Waals surface area contributed by atoms with Gasteiger partial charge in [0.05, 0.1) is 10.5 Å². The summed E-state index contributed by atoms with van der Waals surface area (Å²) in [5.74, 6) is -1.19. The Balaban J connectivity index is 1.50. The van der Waals surface area contributed by atoms with Crippen molar-refractivity contribution >= 4 is 31.9 Å². The molecule has 1 aliphatic carbocycles.